The molecule has 1 N–H and O–H groups in total. The van der Waals surface area contributed by atoms with Crippen molar-refractivity contribution in [3.05, 3.63) is 54.5 Å². The van der Waals surface area contributed by atoms with Crippen LogP contribution in [0.25, 0.3) is 0 Å². The van der Waals surface area contributed by atoms with Crippen molar-refractivity contribution >= 4 is 11.7 Å². The number of amides is 2. The van der Waals surface area contributed by atoms with E-state index in [2.05, 4.69) is 21.9 Å². The van der Waals surface area contributed by atoms with Crippen molar-refractivity contribution < 1.29 is 22.7 Å². The summed E-state index contributed by atoms with van der Waals surface area (Å²) in [6.45, 7) is 4.12. The maximum atomic E-state index is 12.7. The molecule has 1 aromatic heterocycles. The molecule has 2 heterocycles. The Kier molecular flexibility index (Phi) is 4.30. The number of rotatable bonds is 3. The number of aromatic nitrogens is 2. The van der Waals surface area contributed by atoms with E-state index < -0.39 is 11.7 Å². The van der Waals surface area contributed by atoms with Gasteiger partial charge in [0, 0.05) is 18.7 Å². The van der Waals surface area contributed by atoms with E-state index in [-0.39, 0.29) is 17.8 Å². The zero-order chi connectivity index (χ0) is 18.0. The lowest BCUT2D eigenvalue weighted by atomic mass is 10.2. The van der Waals surface area contributed by atoms with Gasteiger partial charge in [-0.15, -0.1) is 0 Å². The Balaban J connectivity index is 1.73. The van der Waals surface area contributed by atoms with Crippen molar-refractivity contribution in [2.75, 3.05) is 11.4 Å². The third-order valence-corrected chi connectivity index (χ3v) is 3.46. The van der Waals surface area contributed by atoms with Crippen molar-refractivity contribution in [2.24, 2.45) is 0 Å². The van der Waals surface area contributed by atoms with Gasteiger partial charge in [-0.2, -0.15) is 13.2 Å². The molecule has 3 rings (SSSR count). The Morgan fingerprint density at radius 2 is 1.96 bits per heavy atom. The number of benzene rings is 1. The summed E-state index contributed by atoms with van der Waals surface area (Å²) in [5.41, 5.74) is 0.250. The normalized spacial score (nSPS) is 15.1. The van der Waals surface area contributed by atoms with E-state index in [4.69, 9.17) is 4.74 Å². The van der Waals surface area contributed by atoms with Gasteiger partial charge in [0.25, 0.3) is 0 Å². The van der Waals surface area contributed by atoms with Gasteiger partial charge in [0.05, 0.1) is 23.6 Å². The van der Waals surface area contributed by atoms with Crippen molar-refractivity contribution in [3.8, 4) is 11.8 Å². The van der Waals surface area contributed by atoms with Gasteiger partial charge < -0.3 is 10.1 Å². The number of alkyl halides is 3. The van der Waals surface area contributed by atoms with Crippen molar-refractivity contribution in [1.82, 2.24) is 15.3 Å². The van der Waals surface area contributed by atoms with Gasteiger partial charge >= 0.3 is 18.2 Å². The van der Waals surface area contributed by atoms with Gasteiger partial charge in [-0.25, -0.2) is 14.8 Å². The predicted octanol–water partition coefficient (Wildman–Crippen LogP) is 3.72. The van der Waals surface area contributed by atoms with Crippen LogP contribution in [0, 0.1) is 0 Å². The fourth-order valence-corrected chi connectivity index (χ4v) is 2.22. The first-order valence-corrected chi connectivity index (χ1v) is 7.26. The molecule has 0 radical (unpaired) electrons. The van der Waals surface area contributed by atoms with Crippen molar-refractivity contribution in [1.29, 1.82) is 0 Å². The summed E-state index contributed by atoms with van der Waals surface area (Å²) in [5, 5.41) is 2.60. The highest BCUT2D eigenvalue weighted by Crippen LogP contribution is 2.32. The fraction of sp³-hybridized carbons (Fsp3) is 0.188. The maximum Gasteiger partial charge on any atom is 0.416 e. The summed E-state index contributed by atoms with van der Waals surface area (Å²) in [7, 11) is 0. The number of carbonyl (C=O) groups excluding carboxylic acids is 1. The zero-order valence-corrected chi connectivity index (χ0v) is 12.9. The van der Waals surface area contributed by atoms with E-state index in [0.717, 1.165) is 12.1 Å². The number of hydrogen-bond donors (Lipinski definition) is 1. The second kappa shape index (κ2) is 6.42. The van der Waals surface area contributed by atoms with Gasteiger partial charge in [0.15, 0.2) is 0 Å². The zero-order valence-electron chi connectivity index (χ0n) is 12.9. The first-order valence-electron chi connectivity index (χ1n) is 7.26. The molecule has 0 aliphatic carbocycles. The molecule has 1 fully saturated rings. The maximum absolute atomic E-state index is 12.7. The minimum Gasteiger partial charge on any atom is -0.424 e. The van der Waals surface area contributed by atoms with E-state index in [0.29, 0.717) is 24.4 Å². The minimum absolute atomic E-state index is 0.0328. The Morgan fingerprint density at radius 1 is 1.24 bits per heavy atom. The standard InChI is InChI=1S/C16H13F3N4O2/c1-10-5-6-23(15(24)22-10)12-8-20-14(21-9-12)25-13-4-2-3-11(7-13)16(17,18)19/h2-4,7-9H,1,5-6H2,(H,22,24). The van der Waals surface area contributed by atoms with Crippen LogP contribution < -0.4 is 15.0 Å². The number of ether oxygens (including phenoxy) is 1. The minimum atomic E-state index is -4.46. The number of urea groups is 1. The summed E-state index contributed by atoms with van der Waals surface area (Å²) in [5.74, 6) is -0.0328. The smallest absolute Gasteiger partial charge is 0.416 e. The van der Waals surface area contributed by atoms with E-state index in [1.165, 1.54) is 29.4 Å². The first kappa shape index (κ1) is 16.7. The highest BCUT2D eigenvalue weighted by atomic mass is 19.4. The molecular weight excluding hydrogens is 337 g/mol. The topological polar surface area (TPSA) is 67.3 Å². The number of halogens is 3. The van der Waals surface area contributed by atoms with Crippen LogP contribution in [0.5, 0.6) is 11.8 Å². The van der Waals surface area contributed by atoms with Gasteiger partial charge in [0.2, 0.25) is 0 Å². The number of anilines is 1. The largest absolute Gasteiger partial charge is 0.424 e. The van der Waals surface area contributed by atoms with Crippen LogP contribution in [0.2, 0.25) is 0 Å². The molecule has 1 saturated heterocycles. The molecule has 2 aromatic rings. The quantitative estimate of drug-likeness (QED) is 0.916. The van der Waals surface area contributed by atoms with Crippen LogP contribution in [-0.2, 0) is 6.18 Å². The molecule has 1 aliphatic heterocycles. The van der Waals surface area contributed by atoms with E-state index in [1.54, 1.807) is 0 Å². The molecule has 1 aromatic carbocycles. The SMILES string of the molecule is C=C1CCN(c2cnc(Oc3cccc(C(F)(F)F)c3)nc2)C(=O)N1. The van der Waals surface area contributed by atoms with E-state index in [9.17, 15) is 18.0 Å². The van der Waals surface area contributed by atoms with Gasteiger partial charge in [-0.1, -0.05) is 12.6 Å². The van der Waals surface area contributed by atoms with E-state index >= 15 is 0 Å². The molecular formula is C16H13F3N4O2. The van der Waals surface area contributed by atoms with Gasteiger partial charge in [-0.05, 0) is 18.2 Å². The lowest BCUT2D eigenvalue weighted by Crippen LogP contribution is -2.45. The van der Waals surface area contributed by atoms with Crippen LogP contribution >= 0.6 is 0 Å². The molecule has 1 aliphatic rings. The second-order valence-corrected chi connectivity index (χ2v) is 5.29. The van der Waals surface area contributed by atoms with Gasteiger partial charge in [0.1, 0.15) is 5.75 Å². The third kappa shape index (κ3) is 3.87. The number of carbonyl (C=O) groups is 1. The summed E-state index contributed by atoms with van der Waals surface area (Å²) in [6, 6.07) is 3.95. The van der Waals surface area contributed by atoms with Crippen molar-refractivity contribution in [2.45, 2.75) is 12.6 Å². The molecule has 6 nitrogen and oxygen atoms in total. The molecule has 25 heavy (non-hydrogen) atoms. The molecule has 0 bridgehead atoms. The molecule has 0 spiro atoms. The highest BCUT2D eigenvalue weighted by molar-refractivity contribution is 5.93. The number of nitrogens with one attached hydrogen (secondary N) is 1. The fourth-order valence-electron chi connectivity index (χ4n) is 2.22. The lowest BCUT2D eigenvalue weighted by Gasteiger charge is -2.28. The molecule has 9 heteroatoms. The van der Waals surface area contributed by atoms with Crippen LogP contribution in [0.3, 0.4) is 0 Å². The van der Waals surface area contributed by atoms with Crippen molar-refractivity contribution in [3.63, 3.8) is 0 Å². The first-order chi connectivity index (χ1) is 11.8. The number of nitrogens with zero attached hydrogens (tertiary/aromatic N) is 3. The van der Waals surface area contributed by atoms with Crippen LogP contribution in [0.4, 0.5) is 23.7 Å². The Labute approximate surface area is 141 Å². The molecule has 0 unspecified atom stereocenters. The highest BCUT2D eigenvalue weighted by Gasteiger charge is 2.30. The van der Waals surface area contributed by atoms with Crippen LogP contribution in [-0.4, -0.2) is 22.5 Å². The Bertz CT molecular complexity index is 806. The molecule has 130 valence electrons. The van der Waals surface area contributed by atoms with E-state index in [1.807, 2.05) is 0 Å². The predicted molar refractivity (Wildman–Crippen MR) is 83.2 cm³/mol. The molecule has 0 atom stereocenters. The monoisotopic (exact) mass is 350 g/mol. The van der Waals surface area contributed by atoms with Gasteiger partial charge in [-0.3, -0.25) is 4.90 Å². The van der Waals surface area contributed by atoms with Crippen LogP contribution in [0.15, 0.2) is 48.9 Å². The molecule has 2 amide bonds. The third-order valence-electron chi connectivity index (χ3n) is 3.46. The van der Waals surface area contributed by atoms with Crippen LogP contribution in [0.1, 0.15) is 12.0 Å². The molecule has 0 saturated carbocycles. The number of hydrogen-bond acceptors (Lipinski definition) is 4. The summed E-state index contributed by atoms with van der Waals surface area (Å²) in [4.78, 5) is 21.2. The Morgan fingerprint density at radius 3 is 2.60 bits per heavy atom. The summed E-state index contributed by atoms with van der Waals surface area (Å²) < 4.78 is 43.3. The second-order valence-electron chi connectivity index (χ2n) is 5.29. The average molecular weight is 350 g/mol. The average Bonchev–Trinajstić information content (AvgIpc) is 2.55. The summed E-state index contributed by atoms with van der Waals surface area (Å²) in [6.07, 6.45) is -1.14. The Hall–Kier alpha value is -3.10. The lowest BCUT2D eigenvalue weighted by molar-refractivity contribution is -0.137. The summed E-state index contributed by atoms with van der Waals surface area (Å²) >= 11 is 0.